The van der Waals surface area contributed by atoms with Crippen LogP contribution in [0.4, 0.5) is 0 Å². The molecule has 0 amide bonds. The van der Waals surface area contributed by atoms with Gasteiger partial charge in [0.05, 0.1) is 12.0 Å². The van der Waals surface area contributed by atoms with Crippen molar-refractivity contribution in [3.8, 4) is 5.75 Å². The van der Waals surface area contributed by atoms with Crippen LogP contribution < -0.4 is 9.46 Å². The van der Waals surface area contributed by atoms with Gasteiger partial charge >= 0.3 is 0 Å². The predicted molar refractivity (Wildman–Crippen MR) is 88.0 cm³/mol. The molecule has 0 saturated heterocycles. The molecule has 0 spiro atoms. The van der Waals surface area contributed by atoms with Crippen LogP contribution in [0.25, 0.3) is 0 Å². The minimum absolute atomic E-state index is 0.223. The zero-order valence-corrected chi connectivity index (χ0v) is 13.8. The molecular weight excluding hydrogens is 322 g/mol. The molecule has 1 N–H and O–H groups in total. The molecule has 0 unspecified atom stereocenters. The molecule has 0 aromatic heterocycles. The van der Waals surface area contributed by atoms with E-state index in [9.17, 15) is 8.42 Å². The van der Waals surface area contributed by atoms with Crippen LogP contribution >= 0.6 is 11.6 Å². The number of aryl methyl sites for hydroxylation is 1. The number of hydrogen-bond donors (Lipinski definition) is 1. The summed E-state index contributed by atoms with van der Waals surface area (Å²) in [7, 11) is -1.85. The van der Waals surface area contributed by atoms with Crippen LogP contribution in [0.1, 0.15) is 12.0 Å². The van der Waals surface area contributed by atoms with Crippen molar-refractivity contribution in [2.75, 3.05) is 13.7 Å². The molecule has 2 aromatic carbocycles. The number of halogens is 1. The lowest BCUT2D eigenvalue weighted by molar-refractivity contribution is 0.414. The molecule has 0 radical (unpaired) electrons. The maximum Gasteiger partial charge on any atom is 0.240 e. The molecule has 22 heavy (non-hydrogen) atoms. The smallest absolute Gasteiger partial charge is 0.240 e. The van der Waals surface area contributed by atoms with Gasteiger partial charge in [0, 0.05) is 11.6 Å². The summed E-state index contributed by atoms with van der Waals surface area (Å²) in [6.07, 6.45) is 1.52. The average Bonchev–Trinajstić information content (AvgIpc) is 2.52. The third-order valence-electron chi connectivity index (χ3n) is 3.22. The summed E-state index contributed by atoms with van der Waals surface area (Å²) in [6, 6.07) is 13.9. The highest BCUT2D eigenvalue weighted by Crippen LogP contribution is 2.14. The molecule has 4 nitrogen and oxygen atoms in total. The van der Waals surface area contributed by atoms with Gasteiger partial charge < -0.3 is 4.74 Å². The Labute approximate surface area is 136 Å². The van der Waals surface area contributed by atoms with Gasteiger partial charge in [-0.15, -0.1) is 0 Å². The van der Waals surface area contributed by atoms with Gasteiger partial charge in [-0.2, -0.15) is 0 Å². The first-order valence-corrected chi connectivity index (χ1v) is 8.75. The van der Waals surface area contributed by atoms with E-state index in [1.54, 1.807) is 19.2 Å². The quantitative estimate of drug-likeness (QED) is 0.788. The van der Waals surface area contributed by atoms with Gasteiger partial charge in [0.2, 0.25) is 10.0 Å². The van der Waals surface area contributed by atoms with E-state index >= 15 is 0 Å². The molecule has 0 bridgehead atoms. The molecule has 0 heterocycles. The Morgan fingerprint density at radius 1 is 1.05 bits per heavy atom. The SMILES string of the molecule is COc1ccc(CCCNS(=O)(=O)c2ccc(Cl)cc2)cc1. The van der Waals surface area contributed by atoms with Crippen LogP contribution in [-0.2, 0) is 16.4 Å². The summed E-state index contributed by atoms with van der Waals surface area (Å²) >= 11 is 5.75. The van der Waals surface area contributed by atoms with Crippen LogP contribution in [0.3, 0.4) is 0 Å². The molecule has 0 aliphatic carbocycles. The lowest BCUT2D eigenvalue weighted by Crippen LogP contribution is -2.25. The van der Waals surface area contributed by atoms with Crippen molar-refractivity contribution in [2.24, 2.45) is 0 Å². The molecule has 0 aliphatic rings. The number of hydrogen-bond acceptors (Lipinski definition) is 3. The van der Waals surface area contributed by atoms with Crippen molar-refractivity contribution in [1.82, 2.24) is 4.72 Å². The van der Waals surface area contributed by atoms with Crippen molar-refractivity contribution in [1.29, 1.82) is 0 Å². The molecule has 2 aromatic rings. The van der Waals surface area contributed by atoms with Gasteiger partial charge in [0.1, 0.15) is 5.75 Å². The number of nitrogens with one attached hydrogen (secondary N) is 1. The average molecular weight is 340 g/mol. The first kappa shape index (κ1) is 16.8. The van der Waals surface area contributed by atoms with Gasteiger partial charge in [-0.05, 0) is 54.8 Å². The van der Waals surface area contributed by atoms with E-state index in [2.05, 4.69) is 4.72 Å². The summed E-state index contributed by atoms with van der Waals surface area (Å²) in [5.74, 6) is 0.812. The second kappa shape index (κ2) is 7.63. The van der Waals surface area contributed by atoms with Gasteiger partial charge in [-0.25, -0.2) is 13.1 Å². The number of sulfonamides is 1. The fourth-order valence-corrected chi connectivity index (χ4v) is 3.19. The summed E-state index contributed by atoms with van der Waals surface area (Å²) in [5, 5.41) is 0.512. The maximum atomic E-state index is 12.1. The highest BCUT2D eigenvalue weighted by Gasteiger charge is 2.12. The van der Waals surface area contributed by atoms with E-state index in [1.807, 2.05) is 24.3 Å². The van der Waals surface area contributed by atoms with E-state index in [0.717, 1.165) is 24.2 Å². The van der Waals surface area contributed by atoms with E-state index in [1.165, 1.54) is 12.1 Å². The molecule has 2 rings (SSSR count). The van der Waals surface area contributed by atoms with Gasteiger partial charge in [-0.1, -0.05) is 23.7 Å². The summed E-state index contributed by atoms with van der Waals surface area (Å²) < 4.78 is 31.8. The van der Waals surface area contributed by atoms with Crippen molar-refractivity contribution in [3.05, 3.63) is 59.1 Å². The third kappa shape index (κ3) is 4.73. The first-order chi connectivity index (χ1) is 10.5. The van der Waals surface area contributed by atoms with Crippen molar-refractivity contribution in [2.45, 2.75) is 17.7 Å². The molecular formula is C16H18ClNO3S. The summed E-state index contributed by atoms with van der Waals surface area (Å²) in [6.45, 7) is 0.386. The largest absolute Gasteiger partial charge is 0.497 e. The third-order valence-corrected chi connectivity index (χ3v) is 4.95. The maximum absolute atomic E-state index is 12.1. The summed E-state index contributed by atoms with van der Waals surface area (Å²) in [5.41, 5.74) is 1.14. The monoisotopic (exact) mass is 339 g/mol. The van der Waals surface area contributed by atoms with Crippen molar-refractivity contribution in [3.63, 3.8) is 0 Å². The van der Waals surface area contributed by atoms with Gasteiger partial charge in [-0.3, -0.25) is 0 Å². The Hall–Kier alpha value is -1.56. The number of rotatable bonds is 7. The minimum Gasteiger partial charge on any atom is -0.497 e. The minimum atomic E-state index is -3.47. The predicted octanol–water partition coefficient (Wildman–Crippen LogP) is 3.26. The van der Waals surface area contributed by atoms with E-state index in [0.29, 0.717) is 11.6 Å². The van der Waals surface area contributed by atoms with Crippen LogP contribution in [0, 0.1) is 0 Å². The van der Waals surface area contributed by atoms with Crippen LogP contribution in [-0.4, -0.2) is 22.1 Å². The number of ether oxygens (including phenoxy) is 1. The van der Waals surface area contributed by atoms with Gasteiger partial charge in [0.25, 0.3) is 0 Å². The molecule has 0 saturated carbocycles. The van der Waals surface area contributed by atoms with Gasteiger partial charge in [0.15, 0.2) is 0 Å². The Morgan fingerprint density at radius 3 is 2.27 bits per heavy atom. The van der Waals surface area contributed by atoms with Crippen LogP contribution in [0.5, 0.6) is 5.75 Å². The van der Waals surface area contributed by atoms with E-state index in [4.69, 9.17) is 16.3 Å². The Bertz CT molecular complexity index is 697. The van der Waals surface area contributed by atoms with Crippen molar-refractivity contribution >= 4 is 21.6 Å². The molecule has 0 aliphatic heterocycles. The lowest BCUT2D eigenvalue weighted by atomic mass is 10.1. The second-order valence-corrected chi connectivity index (χ2v) is 7.01. The van der Waals surface area contributed by atoms with E-state index < -0.39 is 10.0 Å². The highest BCUT2D eigenvalue weighted by atomic mass is 35.5. The molecule has 6 heteroatoms. The number of methoxy groups -OCH3 is 1. The fraction of sp³-hybridized carbons (Fsp3) is 0.250. The van der Waals surface area contributed by atoms with Crippen LogP contribution in [0.15, 0.2) is 53.4 Å². The zero-order chi connectivity index (χ0) is 16.0. The molecule has 118 valence electrons. The second-order valence-electron chi connectivity index (χ2n) is 4.80. The topological polar surface area (TPSA) is 55.4 Å². The Morgan fingerprint density at radius 2 is 1.68 bits per heavy atom. The zero-order valence-electron chi connectivity index (χ0n) is 12.3. The van der Waals surface area contributed by atoms with Crippen molar-refractivity contribution < 1.29 is 13.2 Å². The fourth-order valence-electron chi connectivity index (χ4n) is 1.99. The Balaban J connectivity index is 1.83. The first-order valence-electron chi connectivity index (χ1n) is 6.89. The molecule has 0 atom stereocenters. The normalized spacial score (nSPS) is 11.4. The molecule has 0 fully saturated rings. The highest BCUT2D eigenvalue weighted by molar-refractivity contribution is 7.89. The Kier molecular flexibility index (Phi) is 5.83. The standard InChI is InChI=1S/C16H18ClNO3S/c1-21-15-8-4-13(5-9-15)3-2-12-18-22(19,20)16-10-6-14(17)7-11-16/h4-11,18H,2-3,12H2,1H3. The lowest BCUT2D eigenvalue weighted by Gasteiger charge is -2.07. The van der Waals surface area contributed by atoms with E-state index in [-0.39, 0.29) is 4.90 Å². The summed E-state index contributed by atoms with van der Waals surface area (Å²) in [4.78, 5) is 0.223. The number of benzene rings is 2. The van der Waals surface area contributed by atoms with Crippen LogP contribution in [0.2, 0.25) is 5.02 Å².